The zero-order chi connectivity index (χ0) is 13.5. The van der Waals surface area contributed by atoms with Gasteiger partial charge in [0.05, 0.1) is 18.5 Å². The van der Waals surface area contributed by atoms with E-state index in [-0.39, 0.29) is 5.91 Å². The zero-order valence-electron chi connectivity index (χ0n) is 10.6. The summed E-state index contributed by atoms with van der Waals surface area (Å²) >= 11 is 0. The van der Waals surface area contributed by atoms with E-state index in [9.17, 15) is 4.79 Å². The van der Waals surface area contributed by atoms with Crippen LogP contribution in [0.15, 0.2) is 36.5 Å². The highest BCUT2D eigenvalue weighted by Gasteiger charge is 2.02. The Morgan fingerprint density at radius 3 is 3.11 bits per heavy atom. The Morgan fingerprint density at radius 1 is 1.37 bits per heavy atom. The topological polar surface area (TPSA) is 77.2 Å². The monoisotopic (exact) mass is 259 g/mol. The number of nitrogens with two attached hydrogens (primary N) is 1. The summed E-state index contributed by atoms with van der Waals surface area (Å²) in [7, 11) is 0. The number of nitrogens with one attached hydrogen (secondary N) is 1. The summed E-state index contributed by atoms with van der Waals surface area (Å²) in [4.78, 5) is 15.6. The smallest absolute Gasteiger partial charge is 0.223 e. The van der Waals surface area contributed by atoms with Gasteiger partial charge in [-0.2, -0.15) is 0 Å². The molecule has 0 saturated carbocycles. The molecule has 3 N–H and O–H groups in total. The van der Waals surface area contributed by atoms with Crippen molar-refractivity contribution in [2.24, 2.45) is 5.73 Å². The van der Waals surface area contributed by atoms with Crippen molar-refractivity contribution in [3.63, 3.8) is 0 Å². The Balaban J connectivity index is 1.86. The van der Waals surface area contributed by atoms with Gasteiger partial charge in [0.1, 0.15) is 5.75 Å². The van der Waals surface area contributed by atoms with Crippen molar-refractivity contribution in [1.29, 1.82) is 0 Å². The average molecular weight is 259 g/mol. The number of aromatic nitrogens is 1. The van der Waals surface area contributed by atoms with Gasteiger partial charge in [0.25, 0.3) is 0 Å². The highest BCUT2D eigenvalue weighted by atomic mass is 16.5. The summed E-state index contributed by atoms with van der Waals surface area (Å²) in [6.45, 7) is 1.30. The van der Waals surface area contributed by atoms with E-state index in [0.29, 0.717) is 26.1 Å². The summed E-state index contributed by atoms with van der Waals surface area (Å²) < 4.78 is 5.54. The maximum Gasteiger partial charge on any atom is 0.223 e. The lowest BCUT2D eigenvalue weighted by Crippen LogP contribution is -2.29. The van der Waals surface area contributed by atoms with Gasteiger partial charge in [0.2, 0.25) is 5.91 Å². The number of nitrogens with zero attached hydrogens (tertiary/aromatic N) is 1. The van der Waals surface area contributed by atoms with Crippen LogP contribution in [-0.2, 0) is 4.79 Å². The lowest BCUT2D eigenvalue weighted by atomic mass is 10.2. The molecule has 0 atom stereocenters. The molecule has 1 aromatic heterocycles. The minimum absolute atomic E-state index is 0.0482. The molecule has 100 valence electrons. The number of carbonyl (C=O) groups is 1. The molecule has 0 saturated heterocycles. The van der Waals surface area contributed by atoms with Crippen molar-refractivity contribution in [1.82, 2.24) is 10.3 Å². The number of amides is 1. The molecule has 0 fully saturated rings. The highest BCUT2D eigenvalue weighted by Crippen LogP contribution is 2.18. The van der Waals surface area contributed by atoms with Crippen LogP contribution < -0.4 is 15.8 Å². The first-order valence-corrected chi connectivity index (χ1v) is 6.24. The van der Waals surface area contributed by atoms with Crippen LogP contribution >= 0.6 is 0 Å². The third-order valence-electron chi connectivity index (χ3n) is 2.64. The summed E-state index contributed by atoms with van der Waals surface area (Å²) in [6, 6.07) is 9.53. The lowest BCUT2D eigenvalue weighted by molar-refractivity contribution is -0.121. The molecule has 0 spiro atoms. The first kappa shape index (κ1) is 13.3. The van der Waals surface area contributed by atoms with E-state index < -0.39 is 0 Å². The van der Waals surface area contributed by atoms with Gasteiger partial charge in [0, 0.05) is 24.7 Å². The normalized spacial score (nSPS) is 10.4. The molecule has 0 unspecified atom stereocenters. The maximum atomic E-state index is 11.3. The fraction of sp³-hybridized carbons (Fsp3) is 0.286. The second-order valence-corrected chi connectivity index (χ2v) is 4.09. The molecule has 2 rings (SSSR count). The van der Waals surface area contributed by atoms with Crippen LogP contribution in [0.2, 0.25) is 0 Å². The lowest BCUT2D eigenvalue weighted by Gasteiger charge is -2.07. The predicted octanol–water partition coefficient (Wildman–Crippen LogP) is 1.08. The van der Waals surface area contributed by atoms with Crippen LogP contribution in [0.3, 0.4) is 0 Å². The molecule has 1 aromatic carbocycles. The number of carbonyl (C=O) groups excluding carboxylic acids is 1. The second kappa shape index (κ2) is 6.70. The summed E-state index contributed by atoms with van der Waals surface area (Å²) in [5.74, 6) is 0.694. The summed E-state index contributed by atoms with van der Waals surface area (Å²) in [5.41, 5.74) is 6.22. The number of rotatable bonds is 6. The molecular formula is C14H17N3O2. The number of benzene rings is 1. The zero-order valence-corrected chi connectivity index (χ0v) is 10.6. The van der Waals surface area contributed by atoms with Crippen molar-refractivity contribution in [3.8, 4) is 5.75 Å². The molecule has 19 heavy (non-hydrogen) atoms. The van der Waals surface area contributed by atoms with E-state index in [4.69, 9.17) is 10.5 Å². The van der Waals surface area contributed by atoms with Gasteiger partial charge in [-0.05, 0) is 24.3 Å². The Morgan fingerprint density at radius 2 is 2.26 bits per heavy atom. The van der Waals surface area contributed by atoms with E-state index >= 15 is 0 Å². The molecule has 1 heterocycles. The molecule has 0 aliphatic heterocycles. The third kappa shape index (κ3) is 3.93. The van der Waals surface area contributed by atoms with Crippen molar-refractivity contribution >= 4 is 16.8 Å². The first-order chi connectivity index (χ1) is 9.29. The van der Waals surface area contributed by atoms with Crippen LogP contribution in [0.5, 0.6) is 5.75 Å². The molecule has 2 aromatic rings. The van der Waals surface area contributed by atoms with Crippen LogP contribution in [0.4, 0.5) is 0 Å². The molecular weight excluding hydrogens is 242 g/mol. The fourth-order valence-electron chi connectivity index (χ4n) is 1.71. The van der Waals surface area contributed by atoms with Crippen LogP contribution in [0, 0.1) is 0 Å². The molecule has 0 aliphatic rings. The summed E-state index contributed by atoms with van der Waals surface area (Å²) in [5, 5.41) is 3.72. The van der Waals surface area contributed by atoms with E-state index in [1.165, 1.54) is 0 Å². The van der Waals surface area contributed by atoms with Crippen molar-refractivity contribution in [2.75, 3.05) is 19.7 Å². The van der Waals surface area contributed by atoms with Crippen molar-refractivity contribution in [2.45, 2.75) is 6.42 Å². The van der Waals surface area contributed by atoms with Gasteiger partial charge in [-0.25, -0.2) is 0 Å². The molecule has 5 heteroatoms. The third-order valence-corrected chi connectivity index (χ3v) is 2.64. The predicted molar refractivity (Wildman–Crippen MR) is 73.9 cm³/mol. The summed E-state index contributed by atoms with van der Waals surface area (Å²) in [6.07, 6.45) is 2.08. The number of pyridine rings is 1. The van der Waals surface area contributed by atoms with Crippen LogP contribution in [-0.4, -0.2) is 30.6 Å². The van der Waals surface area contributed by atoms with E-state index in [2.05, 4.69) is 10.3 Å². The number of hydrogen-bond acceptors (Lipinski definition) is 4. The quantitative estimate of drug-likeness (QED) is 0.813. The standard InChI is InChI=1S/C14H17N3O2/c15-6-8-17-14(18)5-9-19-12-3-4-13-11(10-12)2-1-7-16-13/h1-4,7,10H,5-6,8-9,15H2,(H,17,18). The van der Waals surface area contributed by atoms with Gasteiger partial charge in [0.15, 0.2) is 0 Å². The molecule has 0 aliphatic carbocycles. The Hall–Kier alpha value is -2.14. The molecule has 0 bridgehead atoms. The Kier molecular flexibility index (Phi) is 4.69. The van der Waals surface area contributed by atoms with Gasteiger partial charge < -0.3 is 15.8 Å². The Labute approximate surface area is 111 Å². The highest BCUT2D eigenvalue weighted by molar-refractivity contribution is 5.79. The maximum absolute atomic E-state index is 11.3. The average Bonchev–Trinajstić information content (AvgIpc) is 2.45. The van der Waals surface area contributed by atoms with Crippen LogP contribution in [0.25, 0.3) is 10.9 Å². The van der Waals surface area contributed by atoms with Crippen molar-refractivity contribution < 1.29 is 9.53 Å². The minimum atomic E-state index is -0.0482. The van der Waals surface area contributed by atoms with Gasteiger partial charge >= 0.3 is 0 Å². The largest absolute Gasteiger partial charge is 0.493 e. The molecule has 5 nitrogen and oxygen atoms in total. The van der Waals surface area contributed by atoms with E-state index in [0.717, 1.165) is 16.7 Å². The van der Waals surface area contributed by atoms with Gasteiger partial charge in [-0.1, -0.05) is 6.07 Å². The number of fused-ring (bicyclic) bond motifs is 1. The van der Waals surface area contributed by atoms with Gasteiger partial charge in [-0.3, -0.25) is 9.78 Å². The Bertz CT molecular complexity index is 557. The number of hydrogen-bond donors (Lipinski definition) is 2. The number of ether oxygens (including phenoxy) is 1. The van der Waals surface area contributed by atoms with E-state index in [1.807, 2.05) is 30.3 Å². The van der Waals surface area contributed by atoms with E-state index in [1.54, 1.807) is 6.20 Å². The van der Waals surface area contributed by atoms with Crippen LogP contribution in [0.1, 0.15) is 6.42 Å². The van der Waals surface area contributed by atoms with Crippen molar-refractivity contribution in [3.05, 3.63) is 36.5 Å². The molecule has 0 radical (unpaired) electrons. The SMILES string of the molecule is NCCNC(=O)CCOc1ccc2ncccc2c1. The first-order valence-electron chi connectivity index (χ1n) is 6.24. The second-order valence-electron chi connectivity index (χ2n) is 4.09. The minimum Gasteiger partial charge on any atom is -0.493 e. The van der Waals surface area contributed by atoms with Gasteiger partial charge in [-0.15, -0.1) is 0 Å². The molecule has 1 amide bonds. The fourth-order valence-corrected chi connectivity index (χ4v) is 1.71.